The maximum atomic E-state index is 12.9. The second-order valence-electron chi connectivity index (χ2n) is 4.60. The summed E-state index contributed by atoms with van der Waals surface area (Å²) >= 11 is 0. The normalized spacial score (nSPS) is 12.8. The molecule has 0 radical (unpaired) electrons. The smallest absolute Gasteiger partial charge is 0.394 e. The van der Waals surface area contributed by atoms with Crippen molar-refractivity contribution in [1.29, 1.82) is 0 Å². The van der Waals surface area contributed by atoms with Gasteiger partial charge in [0, 0.05) is 6.54 Å². The molecular formula is C13H17F4NO2. The van der Waals surface area contributed by atoms with Gasteiger partial charge < -0.3 is 15.5 Å². The highest BCUT2D eigenvalue weighted by Gasteiger charge is 2.34. The van der Waals surface area contributed by atoms with Crippen LogP contribution in [0.5, 0.6) is 0 Å². The summed E-state index contributed by atoms with van der Waals surface area (Å²) < 4.78 is 51.4. The van der Waals surface area contributed by atoms with Crippen LogP contribution >= 0.6 is 0 Å². The number of aliphatic hydroxyl groups is 2. The lowest BCUT2D eigenvalue weighted by Crippen LogP contribution is -2.50. The molecule has 0 aromatic heterocycles. The van der Waals surface area contributed by atoms with Gasteiger partial charge in [-0.25, -0.2) is 4.39 Å². The Morgan fingerprint density at radius 3 is 2.20 bits per heavy atom. The van der Waals surface area contributed by atoms with Crippen LogP contribution in [0.1, 0.15) is 24.5 Å². The fraction of sp³-hybridized carbons (Fsp3) is 0.538. The van der Waals surface area contributed by atoms with Crippen molar-refractivity contribution in [2.45, 2.75) is 31.6 Å². The zero-order chi connectivity index (χ0) is 15.4. The van der Waals surface area contributed by atoms with Gasteiger partial charge in [-0.15, -0.1) is 0 Å². The first-order valence-electron chi connectivity index (χ1n) is 6.10. The molecule has 0 saturated carbocycles. The van der Waals surface area contributed by atoms with Crippen molar-refractivity contribution < 1.29 is 27.8 Å². The minimum atomic E-state index is -4.66. The van der Waals surface area contributed by atoms with Crippen LogP contribution in [0.15, 0.2) is 18.2 Å². The van der Waals surface area contributed by atoms with E-state index in [1.165, 1.54) is 0 Å². The Hall–Kier alpha value is -1.18. The summed E-state index contributed by atoms with van der Waals surface area (Å²) in [5, 5.41) is 21.2. The van der Waals surface area contributed by atoms with Crippen LogP contribution < -0.4 is 5.32 Å². The molecular weight excluding hydrogens is 278 g/mol. The molecule has 1 aromatic carbocycles. The fourth-order valence-electron chi connectivity index (χ4n) is 1.76. The minimum Gasteiger partial charge on any atom is -0.394 e. The van der Waals surface area contributed by atoms with Crippen molar-refractivity contribution in [2.75, 3.05) is 13.2 Å². The number of rotatable bonds is 6. The summed E-state index contributed by atoms with van der Waals surface area (Å²) in [4.78, 5) is 0. The van der Waals surface area contributed by atoms with E-state index in [1.807, 2.05) is 0 Å². The van der Waals surface area contributed by atoms with E-state index in [1.54, 1.807) is 6.92 Å². The molecule has 0 aliphatic rings. The largest absolute Gasteiger partial charge is 0.416 e. The molecule has 0 atom stereocenters. The Balaban J connectivity index is 2.98. The molecule has 7 heteroatoms. The third kappa shape index (κ3) is 3.91. The lowest BCUT2D eigenvalue weighted by molar-refractivity contribution is -0.138. The number of hydrogen-bond donors (Lipinski definition) is 3. The summed E-state index contributed by atoms with van der Waals surface area (Å²) in [6, 6.07) is 2.42. The van der Waals surface area contributed by atoms with E-state index >= 15 is 0 Å². The van der Waals surface area contributed by atoms with E-state index in [4.69, 9.17) is 0 Å². The quantitative estimate of drug-likeness (QED) is 0.704. The first-order chi connectivity index (χ1) is 9.28. The van der Waals surface area contributed by atoms with Crippen molar-refractivity contribution in [1.82, 2.24) is 5.32 Å². The summed E-state index contributed by atoms with van der Waals surface area (Å²) in [6.45, 7) is 0.629. The molecule has 20 heavy (non-hydrogen) atoms. The number of halogens is 4. The van der Waals surface area contributed by atoms with Crippen LogP contribution in [0.2, 0.25) is 0 Å². The van der Waals surface area contributed by atoms with Gasteiger partial charge in [0.1, 0.15) is 5.82 Å². The topological polar surface area (TPSA) is 52.5 Å². The Morgan fingerprint density at radius 1 is 1.15 bits per heavy atom. The maximum Gasteiger partial charge on any atom is 0.416 e. The van der Waals surface area contributed by atoms with Gasteiger partial charge in [-0.2, -0.15) is 13.2 Å². The van der Waals surface area contributed by atoms with Gasteiger partial charge in [0.05, 0.1) is 24.3 Å². The monoisotopic (exact) mass is 295 g/mol. The second kappa shape index (κ2) is 6.51. The lowest BCUT2D eigenvalue weighted by Gasteiger charge is -2.30. The van der Waals surface area contributed by atoms with Crippen LogP contribution in [0.3, 0.4) is 0 Å². The van der Waals surface area contributed by atoms with Gasteiger partial charge in [-0.1, -0.05) is 13.0 Å². The van der Waals surface area contributed by atoms with Gasteiger partial charge in [0.15, 0.2) is 0 Å². The van der Waals surface area contributed by atoms with Crippen LogP contribution in [-0.2, 0) is 12.7 Å². The molecule has 1 aromatic rings. The third-order valence-corrected chi connectivity index (χ3v) is 3.31. The number of aliphatic hydroxyl groups excluding tert-OH is 2. The predicted molar refractivity (Wildman–Crippen MR) is 65.4 cm³/mol. The van der Waals surface area contributed by atoms with E-state index in [2.05, 4.69) is 5.32 Å². The zero-order valence-corrected chi connectivity index (χ0v) is 11.0. The minimum absolute atomic E-state index is 0.140. The molecule has 0 aliphatic heterocycles. The Bertz CT molecular complexity index is 436. The van der Waals surface area contributed by atoms with Crippen molar-refractivity contribution in [3.63, 3.8) is 0 Å². The van der Waals surface area contributed by atoms with Gasteiger partial charge in [0.25, 0.3) is 0 Å². The molecule has 0 saturated heterocycles. The van der Waals surface area contributed by atoms with Crippen LogP contribution in [0.4, 0.5) is 17.6 Å². The zero-order valence-electron chi connectivity index (χ0n) is 11.0. The lowest BCUT2D eigenvalue weighted by atomic mass is 9.97. The predicted octanol–water partition coefficient (Wildman–Crippen LogP) is 2.07. The van der Waals surface area contributed by atoms with Gasteiger partial charge >= 0.3 is 6.18 Å². The Labute approximate surface area is 114 Å². The Kier molecular flexibility index (Phi) is 5.50. The molecule has 0 spiro atoms. The van der Waals surface area contributed by atoms with Crippen molar-refractivity contribution >= 4 is 0 Å². The number of nitrogens with one attached hydrogen (secondary N) is 1. The highest BCUT2D eigenvalue weighted by atomic mass is 19.4. The Morgan fingerprint density at radius 2 is 1.75 bits per heavy atom. The molecule has 0 fully saturated rings. The first-order valence-corrected chi connectivity index (χ1v) is 6.10. The standard InChI is InChI=1S/C13H17F4NO2/c1-2-12(7-19,8-20)18-6-9-3-4-10(14)5-11(9)13(15,16)17/h3-5,18-20H,2,6-8H2,1H3. The summed E-state index contributed by atoms with van der Waals surface area (Å²) in [6.07, 6.45) is -4.32. The molecule has 3 nitrogen and oxygen atoms in total. The number of alkyl halides is 3. The van der Waals surface area contributed by atoms with Crippen LogP contribution in [0, 0.1) is 5.82 Å². The van der Waals surface area contributed by atoms with Crippen molar-refractivity contribution in [3.05, 3.63) is 35.1 Å². The van der Waals surface area contributed by atoms with Gasteiger partial charge in [-0.3, -0.25) is 0 Å². The second-order valence-corrected chi connectivity index (χ2v) is 4.60. The molecule has 1 rings (SSSR count). The highest BCUT2D eigenvalue weighted by Crippen LogP contribution is 2.32. The van der Waals surface area contributed by atoms with E-state index in [0.29, 0.717) is 12.5 Å². The molecule has 3 N–H and O–H groups in total. The molecule has 0 heterocycles. The van der Waals surface area contributed by atoms with Crippen LogP contribution in [0.25, 0.3) is 0 Å². The molecule has 0 amide bonds. The molecule has 114 valence electrons. The average molecular weight is 295 g/mol. The third-order valence-electron chi connectivity index (χ3n) is 3.31. The fourth-order valence-corrected chi connectivity index (χ4v) is 1.76. The highest BCUT2D eigenvalue weighted by molar-refractivity contribution is 5.30. The SMILES string of the molecule is CCC(CO)(CO)NCc1ccc(F)cc1C(F)(F)F. The number of benzene rings is 1. The van der Waals surface area contributed by atoms with E-state index < -0.39 is 36.3 Å². The van der Waals surface area contributed by atoms with E-state index in [0.717, 1.165) is 12.1 Å². The summed E-state index contributed by atoms with van der Waals surface area (Å²) in [5.74, 6) is -0.966. The van der Waals surface area contributed by atoms with Gasteiger partial charge in [0.2, 0.25) is 0 Å². The molecule has 0 unspecified atom stereocenters. The summed E-state index contributed by atoms with van der Waals surface area (Å²) in [7, 11) is 0. The summed E-state index contributed by atoms with van der Waals surface area (Å²) in [5.41, 5.74) is -2.26. The van der Waals surface area contributed by atoms with Crippen molar-refractivity contribution in [2.24, 2.45) is 0 Å². The van der Waals surface area contributed by atoms with E-state index in [-0.39, 0.29) is 12.1 Å². The van der Waals surface area contributed by atoms with E-state index in [9.17, 15) is 27.8 Å². The first kappa shape index (κ1) is 16.9. The maximum absolute atomic E-state index is 12.9. The average Bonchev–Trinajstić information content (AvgIpc) is 2.41. The van der Waals surface area contributed by atoms with Gasteiger partial charge in [-0.05, 0) is 24.1 Å². The van der Waals surface area contributed by atoms with Crippen LogP contribution in [-0.4, -0.2) is 29.0 Å². The molecule has 0 aliphatic carbocycles. The number of hydrogen-bond acceptors (Lipinski definition) is 3. The molecule has 0 bridgehead atoms. The van der Waals surface area contributed by atoms with Crippen molar-refractivity contribution in [3.8, 4) is 0 Å².